The van der Waals surface area contributed by atoms with Crippen LogP contribution in [0.1, 0.15) is 55.2 Å². The largest absolute Gasteiger partial charge is 0.395 e. The smallest absolute Gasteiger partial charge is 0.273 e. The molecule has 0 saturated heterocycles. The predicted molar refractivity (Wildman–Crippen MR) is 72.8 cm³/mol. The van der Waals surface area contributed by atoms with Gasteiger partial charge < -0.3 is 16.2 Å². The molecule has 0 radical (unpaired) electrons. The van der Waals surface area contributed by atoms with E-state index in [1.54, 1.807) is 0 Å². The number of aromatic amines is 1. The van der Waals surface area contributed by atoms with E-state index in [0.717, 1.165) is 25.0 Å². The quantitative estimate of drug-likeness (QED) is 0.652. The number of nitrogens with two attached hydrogens (primary N) is 1. The zero-order chi connectivity index (χ0) is 14.0. The number of hydrogen-bond donors (Lipinski definition) is 4. The Hall–Kier alpha value is -1.56. The van der Waals surface area contributed by atoms with Gasteiger partial charge in [0.25, 0.3) is 5.91 Å². The van der Waals surface area contributed by atoms with Crippen molar-refractivity contribution in [2.45, 2.75) is 45.1 Å². The Bertz CT molecular complexity index is 455. The van der Waals surface area contributed by atoms with Crippen molar-refractivity contribution < 1.29 is 9.90 Å². The number of aliphatic hydroxyl groups is 1. The molecule has 0 aromatic carbocycles. The molecule has 1 heterocycles. The summed E-state index contributed by atoms with van der Waals surface area (Å²) < 4.78 is 0. The van der Waals surface area contributed by atoms with Crippen LogP contribution in [-0.2, 0) is 0 Å². The number of carbonyl (C=O) groups is 1. The van der Waals surface area contributed by atoms with Crippen LogP contribution in [0.4, 0.5) is 5.69 Å². The molecule has 0 bridgehead atoms. The number of carbonyl (C=O) groups excluding carboxylic acids is 1. The van der Waals surface area contributed by atoms with Gasteiger partial charge in [-0.3, -0.25) is 9.89 Å². The molecule has 1 aliphatic rings. The highest BCUT2D eigenvalue weighted by Crippen LogP contribution is 2.25. The first-order valence-electron chi connectivity index (χ1n) is 6.80. The number of aromatic nitrogens is 2. The van der Waals surface area contributed by atoms with Crippen LogP contribution in [0, 0.1) is 5.92 Å². The Morgan fingerprint density at radius 3 is 2.84 bits per heavy atom. The summed E-state index contributed by atoms with van der Waals surface area (Å²) in [4.78, 5) is 12.0. The van der Waals surface area contributed by atoms with Gasteiger partial charge in [-0.25, -0.2) is 0 Å². The summed E-state index contributed by atoms with van der Waals surface area (Å²) in [6.07, 6.45) is 2.49. The number of nitrogens with one attached hydrogen (secondary N) is 2. The Morgan fingerprint density at radius 1 is 1.58 bits per heavy atom. The number of aliphatic hydroxyl groups excluding tert-OH is 1. The van der Waals surface area contributed by atoms with Crippen LogP contribution < -0.4 is 11.1 Å². The summed E-state index contributed by atoms with van der Waals surface area (Å²) >= 11 is 0. The van der Waals surface area contributed by atoms with Gasteiger partial charge in [0.15, 0.2) is 5.69 Å². The molecule has 19 heavy (non-hydrogen) atoms. The molecular formula is C13H22N4O2. The summed E-state index contributed by atoms with van der Waals surface area (Å²) in [5.74, 6) is 0.0686. The third-order valence-corrected chi connectivity index (χ3v) is 3.77. The van der Waals surface area contributed by atoms with E-state index >= 15 is 0 Å². The van der Waals surface area contributed by atoms with E-state index < -0.39 is 0 Å². The van der Waals surface area contributed by atoms with Crippen LogP contribution in [0.3, 0.4) is 0 Å². The van der Waals surface area contributed by atoms with Crippen LogP contribution in [0.25, 0.3) is 0 Å². The highest BCUT2D eigenvalue weighted by Gasteiger charge is 2.26. The number of amides is 1. The number of anilines is 1. The first-order valence-corrected chi connectivity index (χ1v) is 6.80. The lowest BCUT2D eigenvalue weighted by Crippen LogP contribution is -2.33. The highest BCUT2D eigenvalue weighted by atomic mass is 16.3. The minimum Gasteiger partial charge on any atom is -0.395 e. The maximum Gasteiger partial charge on any atom is 0.273 e. The second-order valence-electron chi connectivity index (χ2n) is 5.52. The van der Waals surface area contributed by atoms with Crippen LogP contribution in [0.5, 0.6) is 0 Å². The Balaban J connectivity index is 1.96. The van der Waals surface area contributed by atoms with Gasteiger partial charge in [0.2, 0.25) is 0 Å². The average molecular weight is 266 g/mol. The molecule has 5 N–H and O–H groups in total. The van der Waals surface area contributed by atoms with Crippen molar-refractivity contribution in [3.8, 4) is 0 Å². The Labute approximate surface area is 112 Å². The second kappa shape index (κ2) is 5.61. The van der Waals surface area contributed by atoms with Crippen molar-refractivity contribution in [3.05, 3.63) is 11.4 Å². The Morgan fingerprint density at radius 2 is 2.32 bits per heavy atom. The van der Waals surface area contributed by atoms with Gasteiger partial charge in [0.05, 0.1) is 17.5 Å². The van der Waals surface area contributed by atoms with Gasteiger partial charge in [-0.15, -0.1) is 0 Å². The fourth-order valence-corrected chi connectivity index (χ4v) is 2.54. The molecule has 1 saturated carbocycles. The molecule has 1 aromatic rings. The molecule has 106 valence electrons. The minimum absolute atomic E-state index is 0.147. The normalized spacial score (nSPS) is 22.9. The second-order valence-corrected chi connectivity index (χ2v) is 5.52. The van der Waals surface area contributed by atoms with Gasteiger partial charge in [0, 0.05) is 12.5 Å². The van der Waals surface area contributed by atoms with Gasteiger partial charge in [-0.1, -0.05) is 20.3 Å². The van der Waals surface area contributed by atoms with E-state index in [0.29, 0.717) is 12.2 Å². The number of nitrogens with zero attached hydrogens (tertiary/aromatic N) is 1. The molecule has 6 heteroatoms. The summed E-state index contributed by atoms with van der Waals surface area (Å²) in [5, 5.41) is 19.3. The summed E-state index contributed by atoms with van der Waals surface area (Å²) in [7, 11) is 0. The Kier molecular flexibility index (Phi) is 4.09. The van der Waals surface area contributed by atoms with Crippen molar-refractivity contribution in [1.29, 1.82) is 0 Å². The molecule has 2 unspecified atom stereocenters. The lowest BCUT2D eigenvalue weighted by atomic mass is 10.1. The lowest BCUT2D eigenvalue weighted by Gasteiger charge is -2.14. The van der Waals surface area contributed by atoms with E-state index in [2.05, 4.69) is 15.5 Å². The van der Waals surface area contributed by atoms with Crippen LogP contribution in [0.15, 0.2) is 0 Å². The molecule has 2 atom stereocenters. The summed E-state index contributed by atoms with van der Waals surface area (Å²) in [5.41, 5.74) is 7.36. The predicted octanol–water partition coefficient (Wildman–Crippen LogP) is 1.01. The van der Waals surface area contributed by atoms with Gasteiger partial charge in [-0.05, 0) is 18.8 Å². The molecule has 1 fully saturated rings. The van der Waals surface area contributed by atoms with E-state index in [1.807, 2.05) is 13.8 Å². The van der Waals surface area contributed by atoms with Crippen molar-refractivity contribution >= 4 is 11.6 Å². The molecule has 0 spiro atoms. The fourth-order valence-electron chi connectivity index (χ4n) is 2.54. The molecular weight excluding hydrogens is 244 g/mol. The topological polar surface area (TPSA) is 104 Å². The highest BCUT2D eigenvalue weighted by molar-refractivity contribution is 5.97. The molecule has 0 aliphatic heterocycles. The first kappa shape index (κ1) is 13.9. The van der Waals surface area contributed by atoms with Crippen molar-refractivity contribution in [3.63, 3.8) is 0 Å². The zero-order valence-corrected chi connectivity index (χ0v) is 11.4. The van der Waals surface area contributed by atoms with E-state index in [-0.39, 0.29) is 29.5 Å². The van der Waals surface area contributed by atoms with Gasteiger partial charge in [0.1, 0.15) is 0 Å². The number of nitrogen functional groups attached to an aromatic ring is 1. The third kappa shape index (κ3) is 2.89. The van der Waals surface area contributed by atoms with Gasteiger partial charge >= 0.3 is 0 Å². The molecule has 1 amide bonds. The minimum atomic E-state index is -0.303. The molecule has 6 nitrogen and oxygen atoms in total. The molecule has 2 rings (SSSR count). The number of rotatable bonds is 4. The van der Waals surface area contributed by atoms with Crippen molar-refractivity contribution in [2.24, 2.45) is 5.92 Å². The third-order valence-electron chi connectivity index (χ3n) is 3.77. The van der Waals surface area contributed by atoms with Crippen LogP contribution >= 0.6 is 0 Å². The number of H-pyrrole nitrogens is 1. The average Bonchev–Trinajstić information content (AvgIpc) is 2.92. The van der Waals surface area contributed by atoms with E-state index in [4.69, 9.17) is 5.73 Å². The standard InChI is InChI=1S/C13H22N4O2/c1-7(2)11-10(14)12(17-16-11)13(19)15-6-8-4-3-5-9(8)18/h7-9,18H,3-6,14H2,1-2H3,(H,15,19)(H,16,17). The zero-order valence-electron chi connectivity index (χ0n) is 11.4. The number of hydrogen-bond acceptors (Lipinski definition) is 4. The first-order chi connectivity index (χ1) is 9.00. The summed E-state index contributed by atoms with van der Waals surface area (Å²) in [6.45, 7) is 4.45. The monoisotopic (exact) mass is 266 g/mol. The molecule has 1 aromatic heterocycles. The fraction of sp³-hybridized carbons (Fsp3) is 0.692. The van der Waals surface area contributed by atoms with Crippen molar-refractivity contribution in [2.75, 3.05) is 12.3 Å². The van der Waals surface area contributed by atoms with E-state index in [9.17, 15) is 9.90 Å². The van der Waals surface area contributed by atoms with Crippen molar-refractivity contribution in [1.82, 2.24) is 15.5 Å². The lowest BCUT2D eigenvalue weighted by molar-refractivity contribution is 0.0913. The van der Waals surface area contributed by atoms with E-state index in [1.165, 1.54) is 0 Å². The maximum atomic E-state index is 12.0. The van der Waals surface area contributed by atoms with Crippen LogP contribution in [0.2, 0.25) is 0 Å². The molecule has 1 aliphatic carbocycles. The van der Waals surface area contributed by atoms with Gasteiger partial charge in [-0.2, -0.15) is 5.10 Å². The SMILES string of the molecule is CC(C)c1[nH]nc(C(=O)NCC2CCCC2O)c1N. The maximum absolute atomic E-state index is 12.0. The summed E-state index contributed by atoms with van der Waals surface area (Å²) in [6, 6.07) is 0. The van der Waals surface area contributed by atoms with Crippen LogP contribution in [-0.4, -0.2) is 33.9 Å².